The lowest BCUT2D eigenvalue weighted by Gasteiger charge is -2.35. The number of amides is 3. The van der Waals surface area contributed by atoms with Gasteiger partial charge in [-0.25, -0.2) is 14.6 Å². The molecule has 1 unspecified atom stereocenters. The summed E-state index contributed by atoms with van der Waals surface area (Å²) in [5.41, 5.74) is 9.99. The van der Waals surface area contributed by atoms with Crippen molar-refractivity contribution in [3.05, 3.63) is 90.3 Å². The average Bonchev–Trinajstić information content (AvgIpc) is 3.83. The maximum atomic E-state index is 13.6. The van der Waals surface area contributed by atoms with Gasteiger partial charge in [0.15, 0.2) is 11.4 Å². The third kappa shape index (κ3) is 11.2. The molecule has 16 heteroatoms. The molecule has 16 nitrogen and oxygen atoms in total. The summed E-state index contributed by atoms with van der Waals surface area (Å²) < 4.78 is 7.96. The molecule has 2 aromatic heterocycles. The molecule has 5 heterocycles. The maximum absolute atomic E-state index is 13.6. The van der Waals surface area contributed by atoms with Crippen LogP contribution in [0.5, 0.6) is 11.5 Å². The standard InChI is InChI=1S/C53H64N10O6/c54-50-48-49(37-19-23-41(24-20-37)69-40-14-6-5-7-15-40)58-63(51(48)57-36-56-50)38-13-11-30-61(35-38)46(66)18-12-29-60-33-31-59(32-34-60)28-9-4-2-1-3-8-27-55-43-17-10-16-42-47(43)53(68)62(52(42)67)44-25-21-39(64)22-26-45(44)65/h5-7,10,14-17,19-20,23-24,36,38,44,55H,1-4,8-9,11-13,18,21-22,25-35H2,(H2,54,56,57)/t38-,44?/m1/s1. The molecule has 3 amide bonds. The van der Waals surface area contributed by atoms with Gasteiger partial charge in [-0.05, 0) is 100 Å². The van der Waals surface area contributed by atoms with Crippen LogP contribution in [0.2, 0.25) is 0 Å². The Labute approximate surface area is 403 Å². The first-order valence-corrected chi connectivity index (χ1v) is 25.1. The molecular formula is C53H64N10O6. The Morgan fingerprint density at radius 1 is 0.725 bits per heavy atom. The molecule has 2 saturated heterocycles. The zero-order valence-electron chi connectivity index (χ0n) is 39.5. The van der Waals surface area contributed by atoms with E-state index in [9.17, 15) is 24.0 Å². The van der Waals surface area contributed by atoms with Crippen molar-refractivity contribution >= 4 is 51.8 Å². The van der Waals surface area contributed by atoms with Crippen LogP contribution in [0.15, 0.2) is 79.1 Å². The fraction of sp³-hybridized carbons (Fsp3) is 0.472. The number of fused-ring (bicyclic) bond motifs is 2. The topological polar surface area (TPSA) is 189 Å². The highest BCUT2D eigenvalue weighted by Crippen LogP contribution is 2.36. The number of ether oxygens (including phenoxy) is 1. The van der Waals surface area contributed by atoms with Crippen LogP contribution in [0.25, 0.3) is 22.3 Å². The number of anilines is 2. The maximum Gasteiger partial charge on any atom is 0.264 e. The van der Waals surface area contributed by atoms with Gasteiger partial charge in [0.1, 0.15) is 35.1 Å². The average molecular weight is 937 g/mol. The van der Waals surface area contributed by atoms with Crippen molar-refractivity contribution in [2.75, 3.05) is 70.0 Å². The molecule has 1 aliphatic carbocycles. The second-order valence-electron chi connectivity index (χ2n) is 18.9. The predicted octanol–water partition coefficient (Wildman–Crippen LogP) is 7.56. The Balaban J connectivity index is 0.649. The molecule has 9 rings (SSSR count). The smallest absolute Gasteiger partial charge is 0.264 e. The zero-order chi connectivity index (χ0) is 47.7. The first kappa shape index (κ1) is 47.5. The number of aromatic nitrogens is 4. The minimum atomic E-state index is -0.874. The van der Waals surface area contributed by atoms with E-state index in [-0.39, 0.29) is 49.2 Å². The number of ketones is 2. The van der Waals surface area contributed by atoms with Crippen LogP contribution in [-0.2, 0) is 14.4 Å². The van der Waals surface area contributed by atoms with Crippen molar-refractivity contribution in [3.63, 3.8) is 0 Å². The van der Waals surface area contributed by atoms with Crippen LogP contribution in [-0.4, -0.2) is 134 Å². The van der Waals surface area contributed by atoms with Gasteiger partial charge in [-0.15, -0.1) is 0 Å². The minimum Gasteiger partial charge on any atom is -0.457 e. The van der Waals surface area contributed by atoms with Gasteiger partial charge in [0, 0.05) is 82.7 Å². The quantitative estimate of drug-likeness (QED) is 0.0469. The summed E-state index contributed by atoms with van der Waals surface area (Å²) in [7, 11) is 0. The number of Topliss-reactive ketones (excluding diaryl/α,β-unsaturated/α-hetero) is 2. The van der Waals surface area contributed by atoms with E-state index in [4.69, 9.17) is 15.6 Å². The second-order valence-corrected chi connectivity index (χ2v) is 18.9. The predicted molar refractivity (Wildman–Crippen MR) is 264 cm³/mol. The summed E-state index contributed by atoms with van der Waals surface area (Å²) >= 11 is 0. The van der Waals surface area contributed by atoms with E-state index in [0.717, 1.165) is 106 Å². The Morgan fingerprint density at radius 3 is 2.23 bits per heavy atom. The summed E-state index contributed by atoms with van der Waals surface area (Å²) in [6.07, 6.45) is 12.0. The number of nitrogens with two attached hydrogens (primary N) is 1. The van der Waals surface area contributed by atoms with Crippen molar-refractivity contribution in [1.29, 1.82) is 0 Å². The highest BCUT2D eigenvalue weighted by molar-refractivity contribution is 6.25. The lowest BCUT2D eigenvalue weighted by atomic mass is 10.0. The lowest BCUT2D eigenvalue weighted by Crippen LogP contribution is -2.47. The zero-order valence-corrected chi connectivity index (χ0v) is 39.5. The molecule has 1 saturated carbocycles. The summed E-state index contributed by atoms with van der Waals surface area (Å²) in [4.78, 5) is 82.1. The van der Waals surface area contributed by atoms with Gasteiger partial charge in [-0.3, -0.25) is 28.9 Å². The lowest BCUT2D eigenvalue weighted by molar-refractivity contribution is -0.133. The van der Waals surface area contributed by atoms with Crippen molar-refractivity contribution in [2.24, 2.45) is 0 Å². The molecule has 2 atom stereocenters. The van der Waals surface area contributed by atoms with Crippen molar-refractivity contribution in [2.45, 2.75) is 102 Å². The molecule has 3 aromatic carbocycles. The number of benzene rings is 3. The van der Waals surface area contributed by atoms with Crippen LogP contribution in [0.3, 0.4) is 0 Å². The molecule has 0 radical (unpaired) electrons. The number of hydrogen-bond acceptors (Lipinski definition) is 13. The van der Waals surface area contributed by atoms with E-state index in [1.165, 1.54) is 25.6 Å². The van der Waals surface area contributed by atoms with Gasteiger partial charge >= 0.3 is 0 Å². The summed E-state index contributed by atoms with van der Waals surface area (Å²) in [5.74, 6) is 0.938. The van der Waals surface area contributed by atoms with Crippen molar-refractivity contribution < 1.29 is 28.7 Å². The molecule has 0 spiro atoms. The number of hydrogen-bond donors (Lipinski definition) is 2. The van der Waals surface area contributed by atoms with Gasteiger partial charge < -0.3 is 30.5 Å². The molecule has 3 aliphatic heterocycles. The Morgan fingerprint density at radius 2 is 1.45 bits per heavy atom. The second kappa shape index (κ2) is 22.3. The van der Waals surface area contributed by atoms with Crippen molar-refractivity contribution in [1.82, 2.24) is 39.3 Å². The molecule has 4 aliphatic rings. The first-order valence-electron chi connectivity index (χ1n) is 25.1. The highest BCUT2D eigenvalue weighted by atomic mass is 16.5. The number of imide groups is 1. The molecule has 5 aromatic rings. The van der Waals surface area contributed by atoms with Crippen molar-refractivity contribution in [3.8, 4) is 22.8 Å². The van der Waals surface area contributed by atoms with Gasteiger partial charge in [0.2, 0.25) is 5.91 Å². The number of nitrogen functional groups attached to an aromatic ring is 1. The molecule has 3 fully saturated rings. The van der Waals surface area contributed by atoms with E-state index in [2.05, 4.69) is 25.1 Å². The first-order chi connectivity index (χ1) is 33.7. The number of nitrogens with zero attached hydrogens (tertiary/aromatic N) is 8. The molecular weight excluding hydrogens is 873 g/mol. The summed E-state index contributed by atoms with van der Waals surface area (Å²) in [5, 5.41) is 9.16. The summed E-state index contributed by atoms with van der Waals surface area (Å²) in [6.45, 7) is 8.21. The van der Waals surface area contributed by atoms with Gasteiger partial charge in [0.25, 0.3) is 11.8 Å². The van der Waals surface area contributed by atoms with Gasteiger partial charge in [-0.2, -0.15) is 5.10 Å². The molecule has 0 bridgehead atoms. The fourth-order valence-corrected chi connectivity index (χ4v) is 10.4. The van der Waals surface area contributed by atoms with Crippen LogP contribution in [0, 0.1) is 0 Å². The number of unbranched alkanes of at least 4 members (excludes halogenated alkanes) is 5. The monoisotopic (exact) mass is 937 g/mol. The largest absolute Gasteiger partial charge is 0.457 e. The summed E-state index contributed by atoms with van der Waals surface area (Å²) in [6, 6.07) is 21.8. The number of rotatable bonds is 19. The Kier molecular flexibility index (Phi) is 15.3. The Bertz CT molecular complexity index is 2630. The van der Waals surface area contributed by atoms with E-state index < -0.39 is 17.9 Å². The molecule has 362 valence electrons. The van der Waals surface area contributed by atoms with Gasteiger partial charge in [-0.1, -0.05) is 49.9 Å². The number of likely N-dealkylation sites (tertiary alicyclic amines) is 1. The van der Waals surface area contributed by atoms with E-state index in [0.29, 0.717) is 58.9 Å². The third-order valence-electron chi connectivity index (χ3n) is 14.2. The highest BCUT2D eigenvalue weighted by Gasteiger charge is 2.44. The molecule has 3 N–H and O–H groups in total. The van der Waals surface area contributed by atoms with Crippen LogP contribution >= 0.6 is 0 Å². The number of para-hydroxylation sites is 1. The SMILES string of the molecule is Nc1ncnc2c1c(-c1ccc(Oc3ccccc3)cc1)nn2[C@@H]1CCCN(C(=O)CCCN2CCN(CCCCCCCCNc3cccc4c3C(=O)N(C3CCC(=O)CCC3=O)C4=O)CC2)C1. The number of piperazine rings is 1. The third-order valence-corrected chi connectivity index (χ3v) is 14.2. The number of carbonyl (C=O) groups is 5. The van der Waals surface area contributed by atoms with E-state index in [1.54, 1.807) is 12.1 Å². The van der Waals surface area contributed by atoms with Crippen LogP contribution in [0.4, 0.5) is 11.5 Å². The van der Waals surface area contributed by atoms with Gasteiger partial charge in [0.05, 0.1) is 28.6 Å². The van der Waals surface area contributed by atoms with E-state index >= 15 is 0 Å². The number of carbonyl (C=O) groups excluding carboxylic acids is 5. The Hall–Kier alpha value is -6.52. The van der Waals surface area contributed by atoms with Crippen LogP contribution in [0.1, 0.15) is 117 Å². The number of nitrogens with one attached hydrogen (secondary N) is 1. The number of piperidine rings is 1. The van der Waals surface area contributed by atoms with E-state index in [1.807, 2.05) is 70.2 Å². The minimum absolute atomic E-state index is 0.00238. The van der Waals surface area contributed by atoms with Crippen LogP contribution < -0.4 is 15.8 Å². The molecule has 69 heavy (non-hydrogen) atoms. The normalized spacial score (nSPS) is 19.3. The fourth-order valence-electron chi connectivity index (χ4n) is 10.4.